The Morgan fingerprint density at radius 1 is 0.600 bits per heavy atom. The van der Waals surface area contributed by atoms with Gasteiger partial charge in [0.1, 0.15) is 0 Å². The summed E-state index contributed by atoms with van der Waals surface area (Å²) in [6.07, 6.45) is 0. The molecule has 0 saturated carbocycles. The fourth-order valence-electron chi connectivity index (χ4n) is 0. The molecule has 0 aromatic heterocycles. The fourth-order valence-corrected chi connectivity index (χ4v) is 0. The molecule has 0 aliphatic rings. The van der Waals surface area contributed by atoms with Crippen LogP contribution in [0.15, 0.2) is 0 Å². The minimum absolute atomic E-state index is 0. The molecule has 5 heavy (non-hydrogen) atoms. The van der Waals surface area contributed by atoms with E-state index in [0.717, 1.165) is 0 Å². The molecule has 0 unspecified atom stereocenters. The van der Waals surface area contributed by atoms with Gasteiger partial charge in [-0.2, -0.15) is 0 Å². The SMILES string of the molecule is O.O.O.[Co].[SrH2]. The van der Waals surface area contributed by atoms with Crippen LogP contribution in [0, 0.1) is 0 Å². The second-order valence-corrected chi connectivity index (χ2v) is 0. The Labute approximate surface area is 77.5 Å². The van der Waals surface area contributed by atoms with Crippen LogP contribution in [0.1, 0.15) is 0 Å². The van der Waals surface area contributed by atoms with Gasteiger partial charge in [0.2, 0.25) is 0 Å². The van der Waals surface area contributed by atoms with E-state index in [1.54, 1.807) is 0 Å². The van der Waals surface area contributed by atoms with Gasteiger partial charge in [0.05, 0.1) is 0 Å². The summed E-state index contributed by atoms with van der Waals surface area (Å²) < 4.78 is 0. The third kappa shape index (κ3) is 25.2. The quantitative estimate of drug-likeness (QED) is 0.367. The molecule has 0 bridgehead atoms. The molecule has 0 fully saturated rings. The zero-order valence-corrected chi connectivity index (χ0v) is 2.87. The molecule has 0 saturated heterocycles. The molecule has 6 N–H and O–H groups in total. The van der Waals surface area contributed by atoms with Crippen molar-refractivity contribution in [1.29, 1.82) is 0 Å². The van der Waals surface area contributed by atoms with Crippen LogP contribution in [0.4, 0.5) is 0 Å². The summed E-state index contributed by atoms with van der Waals surface area (Å²) in [5.41, 5.74) is 0. The molecule has 0 aromatic rings. The van der Waals surface area contributed by atoms with E-state index in [1.807, 2.05) is 0 Å². The maximum atomic E-state index is 0. The van der Waals surface area contributed by atoms with E-state index in [-0.39, 0.29) is 78.7 Å². The summed E-state index contributed by atoms with van der Waals surface area (Å²) in [5, 5.41) is 0. The summed E-state index contributed by atoms with van der Waals surface area (Å²) in [4.78, 5) is 0. The van der Waals surface area contributed by atoms with Crippen molar-refractivity contribution in [1.82, 2.24) is 0 Å². The first-order valence-corrected chi connectivity index (χ1v) is 0. The van der Waals surface area contributed by atoms with E-state index in [4.69, 9.17) is 0 Å². The summed E-state index contributed by atoms with van der Waals surface area (Å²) in [7, 11) is 0. The Kier molecular flexibility index (Phi) is 541. The molecular formula is H8CoO3Sr. The summed E-state index contributed by atoms with van der Waals surface area (Å²) in [5.74, 6) is 0. The van der Waals surface area contributed by atoms with E-state index in [1.165, 1.54) is 0 Å². The van der Waals surface area contributed by atoms with Gasteiger partial charge in [0, 0.05) is 16.8 Å². The van der Waals surface area contributed by atoms with Crippen molar-refractivity contribution in [2.75, 3.05) is 0 Å². The monoisotopic (exact) mass is 203 g/mol. The van der Waals surface area contributed by atoms with Crippen LogP contribution in [0.5, 0.6) is 0 Å². The summed E-state index contributed by atoms with van der Waals surface area (Å²) >= 11 is 0. The summed E-state index contributed by atoms with van der Waals surface area (Å²) in [6, 6.07) is 0. The third-order valence-corrected chi connectivity index (χ3v) is 0. The topological polar surface area (TPSA) is 94.5 Å². The average Bonchev–Trinajstić information content (AvgIpc) is 0. The van der Waals surface area contributed by atoms with Crippen molar-refractivity contribution in [3.8, 4) is 0 Å². The maximum absolute atomic E-state index is 0. The molecule has 0 aliphatic carbocycles. The molecule has 5 heteroatoms. The van der Waals surface area contributed by atoms with Crippen molar-refractivity contribution in [3.05, 3.63) is 0 Å². The third-order valence-electron chi connectivity index (χ3n) is 0. The van der Waals surface area contributed by atoms with Crippen LogP contribution in [-0.2, 0) is 16.8 Å². The van der Waals surface area contributed by atoms with Crippen molar-refractivity contribution in [2.45, 2.75) is 0 Å². The molecule has 0 aliphatic heterocycles. The normalized spacial score (nSPS) is 0. The second kappa shape index (κ2) is 39.9. The standard InChI is InChI=1S/Co.3H2O.Sr.2H/h;3*1H2;;;. The van der Waals surface area contributed by atoms with Gasteiger partial charge < -0.3 is 16.4 Å². The summed E-state index contributed by atoms with van der Waals surface area (Å²) in [6.45, 7) is 0. The van der Waals surface area contributed by atoms with Crippen molar-refractivity contribution >= 4 is 45.5 Å². The van der Waals surface area contributed by atoms with E-state index in [9.17, 15) is 0 Å². The molecule has 0 heterocycles. The zero-order chi connectivity index (χ0) is 0. The predicted molar refractivity (Wildman–Crippen MR) is 19.4 cm³/mol. The first-order chi connectivity index (χ1) is 0. The van der Waals surface area contributed by atoms with Crippen LogP contribution in [0.3, 0.4) is 0 Å². The van der Waals surface area contributed by atoms with Gasteiger partial charge in [-0.3, -0.25) is 0 Å². The van der Waals surface area contributed by atoms with Gasteiger partial charge in [-0.05, 0) is 0 Å². The Morgan fingerprint density at radius 2 is 0.600 bits per heavy atom. The van der Waals surface area contributed by atoms with Crippen LogP contribution in [0.2, 0.25) is 0 Å². The average molecular weight is 203 g/mol. The van der Waals surface area contributed by atoms with Crippen LogP contribution in [-0.4, -0.2) is 61.9 Å². The van der Waals surface area contributed by atoms with Crippen molar-refractivity contribution in [2.24, 2.45) is 0 Å². The molecule has 3 nitrogen and oxygen atoms in total. The molecule has 0 amide bonds. The van der Waals surface area contributed by atoms with E-state index >= 15 is 0 Å². The number of hydrogen-bond donors (Lipinski definition) is 0. The van der Waals surface area contributed by atoms with Crippen molar-refractivity contribution < 1.29 is 33.2 Å². The molecule has 0 rings (SSSR count). The van der Waals surface area contributed by atoms with E-state index < -0.39 is 0 Å². The van der Waals surface area contributed by atoms with Gasteiger partial charge in [0.15, 0.2) is 0 Å². The van der Waals surface area contributed by atoms with Crippen LogP contribution < -0.4 is 0 Å². The van der Waals surface area contributed by atoms with Crippen molar-refractivity contribution in [3.63, 3.8) is 0 Å². The van der Waals surface area contributed by atoms with Crippen LogP contribution in [0.25, 0.3) is 0 Å². The molecule has 37 valence electrons. The second-order valence-electron chi connectivity index (χ2n) is 0. The van der Waals surface area contributed by atoms with Crippen LogP contribution >= 0.6 is 0 Å². The molecule has 0 spiro atoms. The molecular weight excluding hydrogens is 195 g/mol. The number of rotatable bonds is 0. The van der Waals surface area contributed by atoms with E-state index in [2.05, 4.69) is 0 Å². The minimum atomic E-state index is 0. The Hall–Kier alpha value is 1.87. The Bertz CT molecular complexity index is 6.85. The molecule has 0 aromatic carbocycles. The Balaban J connectivity index is 0. The first kappa shape index (κ1) is 67.8. The van der Waals surface area contributed by atoms with Gasteiger partial charge in [-0.25, -0.2) is 0 Å². The molecule has 1 radical (unpaired) electrons. The van der Waals surface area contributed by atoms with E-state index in [0.29, 0.717) is 0 Å². The van der Waals surface area contributed by atoms with Gasteiger partial charge >= 0.3 is 45.5 Å². The zero-order valence-electron chi connectivity index (χ0n) is 1.83. The van der Waals surface area contributed by atoms with Gasteiger partial charge in [-0.1, -0.05) is 0 Å². The fraction of sp³-hybridized carbons (Fsp3) is 0. The Morgan fingerprint density at radius 3 is 0.600 bits per heavy atom. The van der Waals surface area contributed by atoms with Gasteiger partial charge in [-0.15, -0.1) is 0 Å². The first-order valence-electron chi connectivity index (χ1n) is 0. The predicted octanol–water partition coefficient (Wildman–Crippen LogP) is -3.39. The molecule has 0 atom stereocenters. The van der Waals surface area contributed by atoms with Gasteiger partial charge in [0.25, 0.3) is 0 Å². The number of hydrogen-bond acceptors (Lipinski definition) is 0.